The average molecular weight is 396 g/mol. The molecule has 4 rings (SSSR count). The number of allylic oxidation sites excluding steroid dienone is 8. The van der Waals surface area contributed by atoms with Crippen LogP contribution < -0.4 is 24.8 Å². The van der Waals surface area contributed by atoms with Crippen molar-refractivity contribution in [3.05, 3.63) is 71.1 Å². The molecule has 0 saturated carbocycles. The first-order valence-corrected chi connectivity index (χ1v) is 6.04. The Hall–Kier alpha value is -0.757. The molecule has 2 heterocycles. The van der Waals surface area contributed by atoms with Gasteiger partial charge < -0.3 is 24.8 Å². The van der Waals surface area contributed by atoms with Crippen LogP contribution in [0.15, 0.2) is 81.1 Å². The first-order valence-electron chi connectivity index (χ1n) is 6.04. The Bertz CT molecular complexity index is 602. The molecule has 0 saturated heterocycles. The van der Waals surface area contributed by atoms with E-state index in [-0.39, 0.29) is 51.0 Å². The molecule has 2 aliphatic carbocycles. The van der Waals surface area contributed by atoms with E-state index < -0.39 is 0 Å². The van der Waals surface area contributed by atoms with E-state index in [2.05, 4.69) is 34.3 Å². The largest absolute Gasteiger partial charge is 2.00 e. The molecule has 2 nitrogen and oxygen atoms in total. The maximum Gasteiger partial charge on any atom is 2.00 e. The summed E-state index contributed by atoms with van der Waals surface area (Å²) in [6.45, 7) is 4.03. The van der Waals surface area contributed by atoms with Gasteiger partial charge in [-0.1, -0.05) is 24.3 Å². The van der Waals surface area contributed by atoms with Gasteiger partial charge in [0.1, 0.15) is 0 Å². The number of fused-ring (bicyclic) bond motifs is 2. The van der Waals surface area contributed by atoms with Gasteiger partial charge in [0.2, 0.25) is 0 Å². The molecular formula is C16H14Cl2N2Zr. The quantitative estimate of drug-likeness (QED) is 0.440. The van der Waals surface area contributed by atoms with E-state index in [4.69, 9.17) is 0 Å². The van der Waals surface area contributed by atoms with Crippen LogP contribution in [0.25, 0.3) is 0 Å². The molecule has 21 heavy (non-hydrogen) atoms. The topological polar surface area (TPSA) is 24.7 Å². The van der Waals surface area contributed by atoms with Gasteiger partial charge in [0.05, 0.1) is 11.4 Å². The number of nitrogens with zero attached hydrogens (tertiary/aromatic N) is 2. The zero-order valence-corrected chi connectivity index (χ0v) is 15.7. The zero-order valence-electron chi connectivity index (χ0n) is 11.8. The number of halogens is 2. The molecule has 0 atom stereocenters. The second-order valence-corrected chi connectivity index (χ2v) is 4.53. The van der Waals surface area contributed by atoms with E-state index in [1.165, 1.54) is 11.1 Å². The van der Waals surface area contributed by atoms with Crippen LogP contribution in [0.3, 0.4) is 0 Å². The molecular weight excluding hydrogens is 382 g/mol. The first-order chi connectivity index (χ1) is 8.72. The molecule has 5 heteroatoms. The van der Waals surface area contributed by atoms with Crippen LogP contribution >= 0.6 is 0 Å². The Morgan fingerprint density at radius 2 is 1.10 bits per heavy atom. The molecule has 0 spiro atoms. The van der Waals surface area contributed by atoms with Crippen LogP contribution in [0, 0.1) is 0 Å². The van der Waals surface area contributed by atoms with Crippen molar-refractivity contribution < 1.29 is 51.0 Å². The molecule has 0 N–H and O–H groups in total. The summed E-state index contributed by atoms with van der Waals surface area (Å²) in [7, 11) is 0. The minimum atomic E-state index is 0. The van der Waals surface area contributed by atoms with Crippen LogP contribution in [-0.4, -0.2) is 11.4 Å². The van der Waals surface area contributed by atoms with Gasteiger partial charge in [-0.15, -0.1) is 0 Å². The number of hydrogen-bond donors (Lipinski definition) is 0. The van der Waals surface area contributed by atoms with Crippen molar-refractivity contribution in [1.29, 1.82) is 0 Å². The van der Waals surface area contributed by atoms with Gasteiger partial charge in [0.15, 0.2) is 0 Å². The van der Waals surface area contributed by atoms with Gasteiger partial charge >= 0.3 is 26.2 Å². The summed E-state index contributed by atoms with van der Waals surface area (Å²) >= 11 is 0. The Balaban J connectivity index is 0.000000333. The Labute approximate surface area is 156 Å². The second-order valence-electron chi connectivity index (χ2n) is 4.53. The Morgan fingerprint density at radius 1 is 0.714 bits per heavy atom. The van der Waals surface area contributed by atoms with Crippen molar-refractivity contribution in [2.45, 2.75) is 13.8 Å². The molecule has 0 aromatic carbocycles. The standard InChI is InChI=1S/2C8H7N.2ClH.Zr/c2*1-6-5-7-3-2-4-8(7)9-6;;;/h2*2-5H,1H3;2*1H;/q;;;;+2/p-2. The summed E-state index contributed by atoms with van der Waals surface area (Å²) < 4.78 is 0. The molecule has 4 aliphatic rings. The van der Waals surface area contributed by atoms with Gasteiger partial charge in [0.25, 0.3) is 0 Å². The fourth-order valence-electron chi connectivity index (χ4n) is 2.19. The van der Waals surface area contributed by atoms with Crippen LogP contribution in [-0.2, 0) is 26.2 Å². The monoisotopic (exact) mass is 394 g/mol. The fraction of sp³-hybridized carbons (Fsp3) is 0.125. The van der Waals surface area contributed by atoms with E-state index in [1.54, 1.807) is 0 Å². The van der Waals surface area contributed by atoms with Gasteiger partial charge in [-0.3, -0.25) is 9.98 Å². The summed E-state index contributed by atoms with van der Waals surface area (Å²) in [5.74, 6) is 0. The van der Waals surface area contributed by atoms with Crippen LogP contribution in [0.2, 0.25) is 0 Å². The van der Waals surface area contributed by atoms with E-state index in [0.717, 1.165) is 22.8 Å². The van der Waals surface area contributed by atoms with E-state index >= 15 is 0 Å². The van der Waals surface area contributed by atoms with Gasteiger partial charge in [-0.25, -0.2) is 0 Å². The molecule has 0 unspecified atom stereocenters. The van der Waals surface area contributed by atoms with Gasteiger partial charge in [0, 0.05) is 22.6 Å². The van der Waals surface area contributed by atoms with E-state index in [9.17, 15) is 0 Å². The van der Waals surface area contributed by atoms with Crippen LogP contribution in [0.1, 0.15) is 13.8 Å². The van der Waals surface area contributed by atoms with E-state index in [0.29, 0.717) is 0 Å². The first kappa shape index (κ1) is 20.2. The van der Waals surface area contributed by atoms with Crippen molar-refractivity contribution in [2.24, 2.45) is 9.98 Å². The van der Waals surface area contributed by atoms with Crippen molar-refractivity contribution in [3.8, 4) is 0 Å². The average Bonchev–Trinajstić information content (AvgIpc) is 2.97. The molecule has 0 bridgehead atoms. The normalized spacial score (nSPS) is 18.2. The third kappa shape index (κ3) is 4.61. The smallest absolute Gasteiger partial charge is 1.00 e. The van der Waals surface area contributed by atoms with Crippen molar-refractivity contribution in [2.75, 3.05) is 0 Å². The molecule has 0 amide bonds. The predicted octanol–water partition coefficient (Wildman–Crippen LogP) is -2.31. The van der Waals surface area contributed by atoms with Crippen LogP contribution in [0.4, 0.5) is 0 Å². The fourth-order valence-corrected chi connectivity index (χ4v) is 2.19. The minimum Gasteiger partial charge on any atom is -1.00 e. The third-order valence-corrected chi connectivity index (χ3v) is 2.97. The number of hydrogen-bond acceptors (Lipinski definition) is 2. The molecule has 0 fully saturated rings. The molecule has 0 aromatic rings. The molecule has 106 valence electrons. The van der Waals surface area contributed by atoms with E-state index in [1.807, 2.05) is 38.2 Å². The second kappa shape index (κ2) is 8.63. The van der Waals surface area contributed by atoms with Crippen molar-refractivity contribution >= 4 is 11.4 Å². The summed E-state index contributed by atoms with van der Waals surface area (Å²) in [6.07, 6.45) is 16.5. The Kier molecular flexibility index (Phi) is 8.32. The van der Waals surface area contributed by atoms with Crippen molar-refractivity contribution in [1.82, 2.24) is 0 Å². The summed E-state index contributed by atoms with van der Waals surface area (Å²) in [6, 6.07) is 0. The maximum atomic E-state index is 4.27. The Morgan fingerprint density at radius 3 is 1.43 bits per heavy atom. The summed E-state index contributed by atoms with van der Waals surface area (Å²) in [4.78, 5) is 8.55. The number of aliphatic imine (C=N–C) groups is 2. The predicted molar refractivity (Wildman–Crippen MR) is 76.8 cm³/mol. The SMILES string of the molecule is CC1=NC2=CC=CC2=C1.CC1=NC2=CC=CC2=C1.[Cl-].[Cl-].[Zr+2]. The third-order valence-electron chi connectivity index (χ3n) is 2.97. The van der Waals surface area contributed by atoms with Gasteiger partial charge in [-0.2, -0.15) is 0 Å². The maximum absolute atomic E-state index is 4.27. The van der Waals surface area contributed by atoms with Crippen LogP contribution in [0.5, 0.6) is 0 Å². The number of rotatable bonds is 0. The van der Waals surface area contributed by atoms with Crippen molar-refractivity contribution in [3.63, 3.8) is 0 Å². The summed E-state index contributed by atoms with van der Waals surface area (Å²) in [5, 5.41) is 0. The molecule has 2 aliphatic heterocycles. The summed E-state index contributed by atoms with van der Waals surface area (Å²) in [5.41, 5.74) is 6.97. The minimum absolute atomic E-state index is 0. The molecule has 0 aromatic heterocycles. The zero-order chi connectivity index (χ0) is 12.5. The van der Waals surface area contributed by atoms with Gasteiger partial charge in [-0.05, 0) is 38.2 Å². The molecule has 0 radical (unpaired) electrons.